The Hall–Kier alpha value is -3.57. The van der Waals surface area contributed by atoms with Crippen molar-refractivity contribution in [2.75, 3.05) is 39.8 Å². The highest BCUT2D eigenvalue weighted by molar-refractivity contribution is 6.43. The van der Waals surface area contributed by atoms with Gasteiger partial charge in [-0.3, -0.25) is 19.5 Å². The van der Waals surface area contributed by atoms with Crippen molar-refractivity contribution in [3.05, 3.63) is 47.3 Å². The van der Waals surface area contributed by atoms with Crippen molar-refractivity contribution in [1.82, 2.24) is 20.4 Å². The zero-order valence-electron chi connectivity index (χ0n) is 20.9. The molecule has 0 aromatic heterocycles. The fourth-order valence-electron chi connectivity index (χ4n) is 4.41. The summed E-state index contributed by atoms with van der Waals surface area (Å²) in [5, 5.41) is 28.2. The number of aliphatic imine (C=N–C) groups is 2. The summed E-state index contributed by atoms with van der Waals surface area (Å²) in [6, 6.07) is 8.21. The molecule has 0 radical (unpaired) electrons. The number of amides is 2. The number of hydrogen-bond donors (Lipinski definition) is 4. The molecule has 0 saturated carbocycles. The minimum Gasteiger partial charge on any atom is -0.410 e. The first-order valence-corrected chi connectivity index (χ1v) is 12.0. The van der Waals surface area contributed by atoms with Crippen LogP contribution >= 0.6 is 0 Å². The van der Waals surface area contributed by atoms with Crippen molar-refractivity contribution in [2.45, 2.75) is 38.5 Å². The van der Waals surface area contributed by atoms with Crippen LogP contribution in [0.3, 0.4) is 0 Å². The summed E-state index contributed by atoms with van der Waals surface area (Å²) < 4.78 is 0. The number of aliphatic hydroxyl groups excluding tert-OH is 1. The van der Waals surface area contributed by atoms with Gasteiger partial charge in [0.1, 0.15) is 17.2 Å². The Morgan fingerprint density at radius 2 is 2.03 bits per heavy atom. The summed E-state index contributed by atoms with van der Waals surface area (Å²) in [5.41, 5.74) is 2.78. The monoisotopic (exact) mass is 497 g/mol. The molecule has 2 amide bonds. The zero-order chi connectivity index (χ0) is 26.1. The van der Waals surface area contributed by atoms with Crippen LogP contribution in [0.4, 0.5) is 0 Å². The summed E-state index contributed by atoms with van der Waals surface area (Å²) in [5.74, 6) is -0.409. The van der Waals surface area contributed by atoms with Gasteiger partial charge in [-0.1, -0.05) is 29.4 Å². The Balaban J connectivity index is 1.48. The molecule has 1 aromatic carbocycles. The molecule has 1 fully saturated rings. The average molecular weight is 498 g/mol. The van der Waals surface area contributed by atoms with E-state index in [2.05, 4.69) is 49.5 Å². The van der Waals surface area contributed by atoms with Crippen LogP contribution in [0.5, 0.6) is 0 Å². The number of nitrogens with one attached hydrogen (secondary N) is 2. The van der Waals surface area contributed by atoms with Gasteiger partial charge in [0, 0.05) is 58.4 Å². The van der Waals surface area contributed by atoms with E-state index < -0.39 is 12.0 Å². The van der Waals surface area contributed by atoms with Crippen molar-refractivity contribution < 1.29 is 19.9 Å². The Kier molecular flexibility index (Phi) is 9.71. The van der Waals surface area contributed by atoms with Gasteiger partial charge in [-0.15, -0.1) is 0 Å². The number of rotatable bonds is 10. The number of fused-ring (bicyclic) bond motifs is 1. The molecule has 2 atom stereocenters. The number of carbonyl (C=O) groups excluding carboxylic acids is 2. The lowest BCUT2D eigenvalue weighted by Crippen LogP contribution is -2.43. The Bertz CT molecular complexity index is 1050. The average Bonchev–Trinajstić information content (AvgIpc) is 3.37. The number of benzene rings is 1. The van der Waals surface area contributed by atoms with Crippen LogP contribution in [0.15, 0.2) is 51.3 Å². The van der Waals surface area contributed by atoms with Gasteiger partial charge >= 0.3 is 0 Å². The van der Waals surface area contributed by atoms with Crippen molar-refractivity contribution >= 4 is 30.0 Å². The number of nitrogens with zero attached hydrogens (tertiary/aromatic N) is 5. The molecular formula is C25H35N7O4. The predicted molar refractivity (Wildman–Crippen MR) is 138 cm³/mol. The first-order chi connectivity index (χ1) is 17.3. The second-order valence-corrected chi connectivity index (χ2v) is 8.98. The van der Waals surface area contributed by atoms with Crippen molar-refractivity contribution in [2.24, 2.45) is 15.1 Å². The van der Waals surface area contributed by atoms with E-state index >= 15 is 0 Å². The second kappa shape index (κ2) is 12.9. The van der Waals surface area contributed by atoms with Gasteiger partial charge in [0.2, 0.25) is 0 Å². The van der Waals surface area contributed by atoms with Gasteiger partial charge in [0.05, 0.1) is 6.10 Å². The van der Waals surface area contributed by atoms with Gasteiger partial charge in [0.15, 0.2) is 0 Å². The van der Waals surface area contributed by atoms with E-state index in [1.807, 2.05) is 12.1 Å². The number of likely N-dealkylation sites (tertiary alicyclic amines) is 1. The maximum atomic E-state index is 12.7. The SMILES string of the molecule is C=N/C(=C\C(=N/C)C(=O)NC[C@H](O)CN1CCc2ccccc2C1)NC1CCN(C(=O)/C(C)=N\O)C1. The Morgan fingerprint density at radius 3 is 2.72 bits per heavy atom. The number of carbonyl (C=O) groups is 2. The quantitative estimate of drug-likeness (QED) is 0.206. The molecule has 1 aromatic rings. The van der Waals surface area contributed by atoms with E-state index in [-0.39, 0.29) is 29.9 Å². The molecule has 2 aliphatic rings. The van der Waals surface area contributed by atoms with Crippen molar-refractivity contribution in [3.8, 4) is 0 Å². The standard InChI is InChI=1S/C25H35N7O4/c1-17(30-36)25(35)32-11-9-20(15-32)29-23(27-3)12-22(26-2)24(34)28-13-21(33)16-31-10-8-18-6-4-5-7-19(18)14-31/h4-7,12,20-21,29,33,36H,3,8-11,13-16H2,1-2H3,(H,28,34)/b23-12+,26-22+,30-17-/t20?,21-/m0/s1. The Labute approximate surface area is 211 Å². The van der Waals surface area contributed by atoms with Crippen LogP contribution in [0.1, 0.15) is 24.5 Å². The third kappa shape index (κ3) is 7.22. The lowest BCUT2D eigenvalue weighted by molar-refractivity contribution is -0.123. The van der Waals surface area contributed by atoms with Crippen LogP contribution in [-0.2, 0) is 22.6 Å². The van der Waals surface area contributed by atoms with Gasteiger partial charge in [-0.2, -0.15) is 0 Å². The minimum atomic E-state index is -0.718. The topological polar surface area (TPSA) is 142 Å². The summed E-state index contributed by atoms with van der Waals surface area (Å²) in [6.07, 6.45) is 2.37. The molecule has 4 N–H and O–H groups in total. The molecule has 1 unspecified atom stereocenters. The van der Waals surface area contributed by atoms with E-state index in [4.69, 9.17) is 5.21 Å². The van der Waals surface area contributed by atoms with Gasteiger partial charge in [0.25, 0.3) is 11.8 Å². The zero-order valence-corrected chi connectivity index (χ0v) is 20.9. The van der Waals surface area contributed by atoms with E-state index in [0.717, 1.165) is 19.5 Å². The first kappa shape index (κ1) is 27.0. The fraction of sp³-hybridized carbons (Fsp3) is 0.480. The number of aliphatic hydroxyl groups is 1. The third-order valence-electron chi connectivity index (χ3n) is 6.38. The molecule has 0 aliphatic carbocycles. The third-order valence-corrected chi connectivity index (χ3v) is 6.38. The van der Waals surface area contributed by atoms with E-state index in [1.54, 1.807) is 4.90 Å². The summed E-state index contributed by atoms with van der Waals surface area (Å²) in [6.45, 7) is 8.11. The van der Waals surface area contributed by atoms with Gasteiger partial charge < -0.3 is 25.8 Å². The highest BCUT2D eigenvalue weighted by Crippen LogP contribution is 2.18. The fourth-order valence-corrected chi connectivity index (χ4v) is 4.41. The molecule has 11 nitrogen and oxygen atoms in total. The lowest BCUT2D eigenvalue weighted by Gasteiger charge is -2.30. The molecule has 36 heavy (non-hydrogen) atoms. The van der Waals surface area contributed by atoms with E-state index in [0.29, 0.717) is 31.9 Å². The first-order valence-electron chi connectivity index (χ1n) is 12.0. The maximum Gasteiger partial charge on any atom is 0.271 e. The molecule has 0 spiro atoms. The number of oxime groups is 1. The molecule has 194 valence electrons. The smallest absolute Gasteiger partial charge is 0.271 e. The normalized spacial score (nSPS) is 20.0. The lowest BCUT2D eigenvalue weighted by atomic mass is 10.00. The van der Waals surface area contributed by atoms with E-state index in [1.165, 1.54) is 31.2 Å². The van der Waals surface area contributed by atoms with Crippen LogP contribution < -0.4 is 10.6 Å². The number of hydrogen-bond acceptors (Lipinski definition) is 9. The molecule has 1 saturated heterocycles. The summed E-state index contributed by atoms with van der Waals surface area (Å²) in [4.78, 5) is 36.6. The second-order valence-electron chi connectivity index (χ2n) is 8.98. The maximum absolute atomic E-state index is 12.7. The molecule has 2 heterocycles. The molecule has 2 aliphatic heterocycles. The van der Waals surface area contributed by atoms with Crippen LogP contribution in [-0.4, -0.2) is 102 Å². The van der Waals surface area contributed by atoms with E-state index in [9.17, 15) is 14.7 Å². The molecule has 3 rings (SSSR count). The van der Waals surface area contributed by atoms with Crippen LogP contribution in [0.25, 0.3) is 0 Å². The summed E-state index contributed by atoms with van der Waals surface area (Å²) >= 11 is 0. The predicted octanol–water partition coefficient (Wildman–Crippen LogP) is 0.175. The number of β-amino-alcohol motifs (C(OH)–C–C–N with tert-alkyl or cyclic N) is 1. The van der Waals surface area contributed by atoms with Gasteiger partial charge in [-0.25, -0.2) is 4.99 Å². The highest BCUT2D eigenvalue weighted by atomic mass is 16.4. The minimum absolute atomic E-state index is 0.0256. The largest absolute Gasteiger partial charge is 0.410 e. The summed E-state index contributed by atoms with van der Waals surface area (Å²) in [7, 11) is 1.50. The van der Waals surface area contributed by atoms with Gasteiger partial charge in [-0.05, 0) is 37.6 Å². The molecule has 0 bridgehead atoms. The Morgan fingerprint density at radius 1 is 1.28 bits per heavy atom. The molecule has 11 heteroatoms. The van der Waals surface area contributed by atoms with Crippen LogP contribution in [0.2, 0.25) is 0 Å². The molecular weight excluding hydrogens is 462 g/mol. The van der Waals surface area contributed by atoms with Crippen molar-refractivity contribution in [3.63, 3.8) is 0 Å². The van der Waals surface area contributed by atoms with Crippen molar-refractivity contribution in [1.29, 1.82) is 0 Å². The highest BCUT2D eigenvalue weighted by Gasteiger charge is 2.28. The van der Waals surface area contributed by atoms with Crippen LogP contribution in [0, 0.1) is 0 Å².